The van der Waals surface area contributed by atoms with E-state index >= 15 is 0 Å². The predicted molar refractivity (Wildman–Crippen MR) is 87.7 cm³/mol. The van der Waals surface area contributed by atoms with Gasteiger partial charge in [0.2, 0.25) is 0 Å². The molecule has 0 spiro atoms. The molecule has 2 rings (SSSR count). The van der Waals surface area contributed by atoms with Gasteiger partial charge in [-0.1, -0.05) is 24.6 Å². The van der Waals surface area contributed by atoms with Gasteiger partial charge in [0.15, 0.2) is 0 Å². The summed E-state index contributed by atoms with van der Waals surface area (Å²) in [6.45, 7) is 5.09. The van der Waals surface area contributed by atoms with Crippen molar-refractivity contribution in [3.63, 3.8) is 0 Å². The molecule has 0 aliphatic rings. The molecular weight excluding hydrogens is 286 g/mol. The third-order valence-electron chi connectivity index (χ3n) is 3.76. The van der Waals surface area contributed by atoms with Crippen LogP contribution in [0.3, 0.4) is 0 Å². The summed E-state index contributed by atoms with van der Waals surface area (Å²) in [5.41, 5.74) is 8.09. The van der Waals surface area contributed by atoms with Crippen LogP contribution in [0, 0.1) is 0 Å². The molecule has 1 unspecified atom stereocenters. The van der Waals surface area contributed by atoms with Gasteiger partial charge in [0.05, 0.1) is 12.1 Å². The van der Waals surface area contributed by atoms with E-state index in [1.54, 1.807) is 13.3 Å². The lowest BCUT2D eigenvalue weighted by atomic mass is 10.0. The van der Waals surface area contributed by atoms with Gasteiger partial charge >= 0.3 is 0 Å². The van der Waals surface area contributed by atoms with Gasteiger partial charge in [-0.25, -0.2) is 0 Å². The van der Waals surface area contributed by atoms with Crippen molar-refractivity contribution in [2.24, 2.45) is 5.73 Å². The summed E-state index contributed by atoms with van der Waals surface area (Å²) in [5, 5.41) is 1.69. The highest BCUT2D eigenvalue weighted by atomic mass is 35.5. The molecule has 0 saturated carbocycles. The number of rotatable bonds is 7. The van der Waals surface area contributed by atoms with Crippen LogP contribution in [0.15, 0.2) is 30.5 Å². The molecule has 0 bridgehead atoms. The van der Waals surface area contributed by atoms with E-state index < -0.39 is 0 Å². The highest BCUT2D eigenvalue weighted by molar-refractivity contribution is 6.35. The number of ether oxygens (including phenoxy) is 1. The van der Waals surface area contributed by atoms with Gasteiger partial charge in [-0.05, 0) is 30.3 Å². The molecular formula is C16H22ClN3O. The minimum absolute atomic E-state index is 0.111. The number of likely N-dealkylation sites (N-methyl/N-ethyl adjacent to an activating group) is 1. The van der Waals surface area contributed by atoms with Crippen LogP contribution in [-0.2, 0) is 4.74 Å². The average Bonchev–Trinajstić information content (AvgIpc) is 2.53. The minimum atomic E-state index is 0.111. The Labute approximate surface area is 130 Å². The number of nitrogens with zero attached hydrogens (tertiary/aromatic N) is 2. The number of hydrogen-bond acceptors (Lipinski definition) is 4. The number of hydrogen-bond donors (Lipinski definition) is 1. The lowest BCUT2D eigenvalue weighted by Gasteiger charge is -2.30. The summed E-state index contributed by atoms with van der Waals surface area (Å²) < 4.78 is 5.19. The molecule has 2 aromatic rings. The Morgan fingerprint density at radius 2 is 2.19 bits per heavy atom. The van der Waals surface area contributed by atoms with Gasteiger partial charge < -0.3 is 10.5 Å². The van der Waals surface area contributed by atoms with Crippen molar-refractivity contribution in [1.82, 2.24) is 9.88 Å². The van der Waals surface area contributed by atoms with Crippen LogP contribution in [0.2, 0.25) is 5.02 Å². The number of pyridine rings is 1. The van der Waals surface area contributed by atoms with E-state index in [9.17, 15) is 0 Å². The Balaban J connectivity index is 2.44. The van der Waals surface area contributed by atoms with Crippen molar-refractivity contribution in [3.05, 3.63) is 41.0 Å². The SMILES string of the molecule is CCN(CCOC)C(CN)c1ccc(Cl)c2cccnc12. The minimum Gasteiger partial charge on any atom is -0.383 e. The van der Waals surface area contributed by atoms with Crippen molar-refractivity contribution < 1.29 is 4.74 Å². The second kappa shape index (κ2) is 7.71. The third-order valence-corrected chi connectivity index (χ3v) is 4.09. The Hall–Kier alpha value is -1.20. The first-order valence-corrected chi connectivity index (χ1v) is 7.56. The van der Waals surface area contributed by atoms with E-state index in [1.165, 1.54) is 0 Å². The van der Waals surface area contributed by atoms with E-state index in [4.69, 9.17) is 22.1 Å². The topological polar surface area (TPSA) is 51.4 Å². The Kier molecular flexibility index (Phi) is 5.94. The normalized spacial score (nSPS) is 13.0. The molecule has 0 fully saturated rings. The molecule has 21 heavy (non-hydrogen) atoms. The summed E-state index contributed by atoms with van der Waals surface area (Å²) in [5.74, 6) is 0. The smallest absolute Gasteiger partial charge is 0.0765 e. The lowest BCUT2D eigenvalue weighted by Crippen LogP contribution is -2.36. The number of aromatic nitrogens is 1. The number of methoxy groups -OCH3 is 1. The van der Waals surface area contributed by atoms with Crippen LogP contribution in [-0.4, -0.2) is 43.2 Å². The van der Waals surface area contributed by atoms with Gasteiger partial charge in [0, 0.05) is 42.8 Å². The van der Waals surface area contributed by atoms with Gasteiger partial charge in [-0.2, -0.15) is 0 Å². The molecule has 0 aliphatic heterocycles. The zero-order chi connectivity index (χ0) is 15.2. The Morgan fingerprint density at radius 3 is 2.86 bits per heavy atom. The van der Waals surface area contributed by atoms with Gasteiger partial charge in [0.1, 0.15) is 0 Å². The van der Waals surface area contributed by atoms with Crippen molar-refractivity contribution in [1.29, 1.82) is 0 Å². The van der Waals surface area contributed by atoms with Crippen LogP contribution in [0.1, 0.15) is 18.5 Å². The number of benzene rings is 1. The molecule has 114 valence electrons. The zero-order valence-corrected chi connectivity index (χ0v) is 13.3. The van der Waals surface area contributed by atoms with Crippen molar-refractivity contribution in [2.75, 3.05) is 33.4 Å². The van der Waals surface area contributed by atoms with Crippen LogP contribution in [0.4, 0.5) is 0 Å². The molecule has 2 N–H and O–H groups in total. The highest BCUT2D eigenvalue weighted by Gasteiger charge is 2.20. The summed E-state index contributed by atoms with van der Waals surface area (Å²) in [6.07, 6.45) is 1.79. The maximum atomic E-state index is 6.27. The highest BCUT2D eigenvalue weighted by Crippen LogP contribution is 2.30. The summed E-state index contributed by atoms with van der Waals surface area (Å²) >= 11 is 6.27. The third kappa shape index (κ3) is 3.52. The summed E-state index contributed by atoms with van der Waals surface area (Å²) in [7, 11) is 1.71. The van der Waals surface area contributed by atoms with Crippen molar-refractivity contribution in [3.8, 4) is 0 Å². The second-order valence-corrected chi connectivity index (χ2v) is 5.32. The number of nitrogens with two attached hydrogens (primary N) is 1. The first-order valence-electron chi connectivity index (χ1n) is 7.19. The molecule has 4 nitrogen and oxygen atoms in total. The predicted octanol–water partition coefficient (Wildman–Crippen LogP) is 2.86. The van der Waals surface area contributed by atoms with Crippen LogP contribution >= 0.6 is 11.6 Å². The van der Waals surface area contributed by atoms with E-state index in [2.05, 4.69) is 16.8 Å². The first kappa shape index (κ1) is 16.2. The fourth-order valence-corrected chi connectivity index (χ4v) is 2.86. The average molecular weight is 308 g/mol. The zero-order valence-electron chi connectivity index (χ0n) is 12.6. The van der Waals surface area contributed by atoms with Crippen LogP contribution in [0.5, 0.6) is 0 Å². The van der Waals surface area contributed by atoms with E-state index in [-0.39, 0.29) is 6.04 Å². The standard InChI is InChI=1S/C16H22ClN3O/c1-3-20(9-10-21-2)15(11-18)13-6-7-14(17)12-5-4-8-19-16(12)13/h4-8,15H,3,9-11,18H2,1-2H3. The van der Waals surface area contributed by atoms with Gasteiger partial charge in [0.25, 0.3) is 0 Å². The molecule has 1 aromatic carbocycles. The largest absolute Gasteiger partial charge is 0.383 e. The van der Waals surface area contributed by atoms with Gasteiger partial charge in [-0.15, -0.1) is 0 Å². The summed E-state index contributed by atoms with van der Waals surface area (Å²) in [6, 6.07) is 7.96. The molecule has 0 amide bonds. The monoisotopic (exact) mass is 307 g/mol. The maximum absolute atomic E-state index is 6.27. The van der Waals surface area contributed by atoms with Gasteiger partial charge in [-0.3, -0.25) is 9.88 Å². The Bertz CT molecular complexity index is 591. The Morgan fingerprint density at radius 1 is 1.38 bits per heavy atom. The molecule has 0 saturated heterocycles. The van der Waals surface area contributed by atoms with Crippen LogP contribution < -0.4 is 5.73 Å². The molecule has 1 atom stereocenters. The molecule has 5 heteroatoms. The van der Waals surface area contributed by atoms with Crippen molar-refractivity contribution >= 4 is 22.5 Å². The van der Waals surface area contributed by atoms with Crippen molar-refractivity contribution in [2.45, 2.75) is 13.0 Å². The molecule has 1 heterocycles. The first-order chi connectivity index (χ1) is 10.2. The summed E-state index contributed by atoms with van der Waals surface area (Å²) in [4.78, 5) is 6.82. The fourth-order valence-electron chi connectivity index (χ4n) is 2.64. The second-order valence-electron chi connectivity index (χ2n) is 4.91. The molecule has 0 aliphatic carbocycles. The maximum Gasteiger partial charge on any atom is 0.0765 e. The van der Waals surface area contributed by atoms with Crippen LogP contribution in [0.25, 0.3) is 10.9 Å². The van der Waals surface area contributed by atoms with E-state index in [0.717, 1.165) is 34.6 Å². The number of halogens is 1. The molecule has 1 aromatic heterocycles. The quantitative estimate of drug-likeness (QED) is 0.854. The van der Waals surface area contributed by atoms with E-state index in [1.807, 2.05) is 24.3 Å². The lowest BCUT2D eigenvalue weighted by molar-refractivity contribution is 0.126. The number of fused-ring (bicyclic) bond motifs is 1. The fraction of sp³-hybridized carbons (Fsp3) is 0.438. The molecule has 0 radical (unpaired) electrons. The van der Waals surface area contributed by atoms with E-state index in [0.29, 0.717) is 13.2 Å².